The Kier molecular flexibility index (Phi) is 18.6. The van der Waals surface area contributed by atoms with Crippen LogP contribution in [-0.2, 0) is 39.7 Å². The van der Waals surface area contributed by atoms with E-state index in [-0.39, 0.29) is 48.4 Å². The van der Waals surface area contributed by atoms with Crippen LogP contribution in [0.5, 0.6) is 11.8 Å². The monoisotopic (exact) mass is 1130 g/mol. The lowest BCUT2D eigenvalue weighted by molar-refractivity contribution is -0.133. The zero-order chi connectivity index (χ0) is 52.2. The van der Waals surface area contributed by atoms with Gasteiger partial charge in [-0.25, -0.2) is 14.8 Å². The zero-order valence-corrected chi connectivity index (χ0v) is 45.9. The van der Waals surface area contributed by atoms with Crippen molar-refractivity contribution in [1.29, 1.82) is 0 Å². The molecule has 10 rings (SSSR count). The number of rotatable bonds is 18. The molecule has 0 spiro atoms. The number of ketones is 1. The zero-order valence-electron chi connectivity index (χ0n) is 41.1. The molecule has 0 radical (unpaired) electrons. The molecular formula is C56H56Cl2N4O9S4. The highest BCUT2D eigenvalue weighted by atomic mass is 35.5. The second kappa shape index (κ2) is 25.6. The van der Waals surface area contributed by atoms with Gasteiger partial charge in [-0.1, -0.05) is 97.0 Å². The first-order chi connectivity index (χ1) is 36.5. The summed E-state index contributed by atoms with van der Waals surface area (Å²) in [5, 5.41) is 14.3. The summed E-state index contributed by atoms with van der Waals surface area (Å²) in [7, 11) is 1.51. The van der Waals surface area contributed by atoms with E-state index in [0.29, 0.717) is 68.0 Å². The average molecular weight is 1130 g/mol. The van der Waals surface area contributed by atoms with Crippen LogP contribution in [0.1, 0.15) is 86.7 Å². The molecule has 4 aromatic heterocycles. The van der Waals surface area contributed by atoms with Crippen LogP contribution in [0.4, 0.5) is 4.79 Å². The summed E-state index contributed by atoms with van der Waals surface area (Å²) in [6.45, 7) is 1.48. The van der Waals surface area contributed by atoms with Gasteiger partial charge in [0.1, 0.15) is 33.6 Å². The smallest absolute Gasteiger partial charge is 0.477 e. The van der Waals surface area contributed by atoms with Crippen LogP contribution in [0, 0.1) is 11.8 Å². The second-order valence-electron chi connectivity index (χ2n) is 18.6. The van der Waals surface area contributed by atoms with Gasteiger partial charge in [-0.3, -0.25) is 14.4 Å². The number of hydrogen-bond donors (Lipinski definition) is 2. The van der Waals surface area contributed by atoms with Gasteiger partial charge >= 0.3 is 6.16 Å². The molecule has 3 atom stereocenters. The number of benzene rings is 2. The van der Waals surface area contributed by atoms with Crippen molar-refractivity contribution in [3.8, 4) is 11.8 Å². The van der Waals surface area contributed by atoms with E-state index in [0.717, 1.165) is 35.7 Å². The summed E-state index contributed by atoms with van der Waals surface area (Å²) >= 11 is 18.0. The van der Waals surface area contributed by atoms with Gasteiger partial charge in [-0.2, -0.15) is 22.7 Å². The van der Waals surface area contributed by atoms with Crippen LogP contribution < -0.4 is 20.1 Å². The molecule has 392 valence electrons. The fourth-order valence-corrected chi connectivity index (χ4v) is 13.6. The first kappa shape index (κ1) is 54.4. The number of nitrogens with one attached hydrogen (secondary N) is 2. The highest BCUT2D eigenvalue weighted by Gasteiger charge is 2.49. The minimum atomic E-state index is -1.11. The number of Topliss-reactive ketones (excluding diaryl/α,β-unsaturated/α-hetero) is 1. The van der Waals surface area contributed by atoms with Crippen molar-refractivity contribution in [1.82, 2.24) is 20.6 Å². The molecule has 13 nitrogen and oxygen atoms in total. The molecule has 2 amide bonds. The van der Waals surface area contributed by atoms with Crippen molar-refractivity contribution in [3.63, 3.8) is 0 Å². The summed E-state index contributed by atoms with van der Waals surface area (Å²) in [6.07, 6.45) is 8.95. The van der Waals surface area contributed by atoms with E-state index in [9.17, 15) is 19.2 Å². The highest BCUT2D eigenvalue weighted by molar-refractivity contribution is 8.04. The standard InChI is InChI=1S/C30H31ClN2O6S2.C26H25ClN2O3S2/c1-36-14-15-37-29(35)39-23-17-30(21-13-16-40-19-21,33-28(34)27(23)41-24-10-5-4-9-22(24)31)25-11-6-12-26(32-25)38-18-20-7-2-3-8-20;27-19-8-3-4-9-21(19)34-24-20(30)14-26(29-25(24)31,18-12-13-33-16-18)22-10-5-11-23(28-22)32-15-17-6-1-2-7-17/h4-6,9-13,16,19-20H,2-3,7-8,14-15,17-18H2,1H3,(H,33,34);3-5,8-13,16-17,24H,1-2,6-7,14-15H2,(H,29,31). The lowest BCUT2D eigenvalue weighted by atomic mass is 9.79. The summed E-state index contributed by atoms with van der Waals surface area (Å²) in [6, 6.07) is 29.4. The number of nitrogens with zero attached hydrogens (tertiary/aromatic N) is 2. The first-order valence-corrected chi connectivity index (χ1v) is 29.2. The largest absolute Gasteiger partial charge is 0.513 e. The van der Waals surface area contributed by atoms with Gasteiger partial charge < -0.3 is 34.3 Å². The molecule has 2 aromatic carbocycles. The molecule has 3 fully saturated rings. The first-order valence-electron chi connectivity index (χ1n) is 24.9. The van der Waals surface area contributed by atoms with Crippen LogP contribution in [-0.4, -0.2) is 72.5 Å². The Morgan fingerprint density at radius 2 is 1.23 bits per heavy atom. The van der Waals surface area contributed by atoms with Crippen LogP contribution in [0.25, 0.3) is 0 Å². The number of ether oxygens (including phenoxy) is 5. The molecule has 2 saturated carbocycles. The van der Waals surface area contributed by atoms with E-state index in [1.165, 1.54) is 80.1 Å². The predicted molar refractivity (Wildman–Crippen MR) is 294 cm³/mol. The van der Waals surface area contributed by atoms with E-state index < -0.39 is 28.4 Å². The number of carbonyl (C=O) groups excluding carboxylic acids is 4. The quantitative estimate of drug-likeness (QED) is 0.0475. The Hall–Kier alpha value is -5.40. The summed E-state index contributed by atoms with van der Waals surface area (Å²) in [5.41, 5.74) is 0.698. The van der Waals surface area contributed by atoms with Gasteiger partial charge in [0.05, 0.1) is 41.3 Å². The van der Waals surface area contributed by atoms with Gasteiger partial charge in [0.25, 0.3) is 5.91 Å². The third-order valence-corrected chi connectivity index (χ3v) is 18.4. The van der Waals surface area contributed by atoms with Crippen LogP contribution in [0.15, 0.2) is 139 Å². The number of pyridine rings is 2. The minimum Gasteiger partial charge on any atom is -0.477 e. The average Bonchev–Trinajstić information content (AvgIpc) is 4.31. The molecule has 2 N–H and O–H groups in total. The third kappa shape index (κ3) is 13.2. The normalized spacial score (nSPS) is 21.0. The number of methoxy groups -OCH3 is 1. The number of carbonyl (C=O) groups is 4. The molecule has 1 saturated heterocycles. The number of halogens is 2. The molecule has 6 heterocycles. The Bertz CT molecular complexity index is 2950. The molecule has 4 aliphatic rings. The number of aromatic nitrogens is 2. The van der Waals surface area contributed by atoms with Crippen molar-refractivity contribution >= 4 is 93.2 Å². The van der Waals surface area contributed by atoms with E-state index in [1.54, 1.807) is 24.3 Å². The number of piperidine rings is 1. The van der Waals surface area contributed by atoms with Gasteiger partial charge in [-0.15, -0.1) is 11.8 Å². The fourth-order valence-electron chi connectivity index (χ4n) is 9.71. The van der Waals surface area contributed by atoms with Gasteiger partial charge in [0, 0.05) is 41.9 Å². The van der Waals surface area contributed by atoms with Crippen LogP contribution in [0.3, 0.4) is 0 Å². The SMILES string of the molecule is COCCOC(=O)OC1=C(Sc2ccccc2Cl)C(=O)NC(c2ccsc2)(c2cccc(OCC3CCCC3)n2)C1.O=C1CC(c2ccsc2)(c2cccc(OCC3CCCC3)n2)NC(=O)C1Sc1ccccc1Cl. The number of thioether (sulfide) groups is 2. The van der Waals surface area contributed by atoms with Crippen molar-refractivity contribution in [2.45, 2.75) is 90.3 Å². The summed E-state index contributed by atoms with van der Waals surface area (Å²) in [5.74, 6) is 1.34. The second-order valence-corrected chi connectivity index (χ2v) is 23.2. The molecule has 3 unspecified atom stereocenters. The molecule has 6 aromatic rings. The van der Waals surface area contributed by atoms with E-state index in [2.05, 4.69) is 10.6 Å². The van der Waals surface area contributed by atoms with Gasteiger partial charge in [0.15, 0.2) is 5.78 Å². The maximum absolute atomic E-state index is 13.9. The maximum atomic E-state index is 13.9. The lowest BCUT2D eigenvalue weighted by Gasteiger charge is -2.39. The maximum Gasteiger partial charge on any atom is 0.513 e. The molecule has 19 heteroatoms. The van der Waals surface area contributed by atoms with E-state index >= 15 is 0 Å². The van der Waals surface area contributed by atoms with Crippen molar-refractivity contribution in [2.24, 2.45) is 11.8 Å². The number of thiophene rings is 2. The molecular weight excluding hydrogens is 1070 g/mol. The number of hydrogen-bond acceptors (Lipinski definition) is 15. The predicted octanol–water partition coefficient (Wildman–Crippen LogP) is 12.8. The van der Waals surface area contributed by atoms with Crippen molar-refractivity contribution < 1.29 is 42.9 Å². The number of amides is 2. The summed E-state index contributed by atoms with van der Waals surface area (Å²) in [4.78, 5) is 64.5. The Morgan fingerprint density at radius 3 is 1.75 bits per heavy atom. The topological polar surface area (TPSA) is 164 Å². The van der Waals surface area contributed by atoms with E-state index in [1.807, 2.05) is 94.3 Å². The van der Waals surface area contributed by atoms with Crippen molar-refractivity contribution in [3.05, 3.63) is 162 Å². The Labute approximate surface area is 462 Å². The molecule has 2 aliphatic carbocycles. The molecule has 2 aliphatic heterocycles. The molecule has 75 heavy (non-hydrogen) atoms. The summed E-state index contributed by atoms with van der Waals surface area (Å²) < 4.78 is 28.0. The van der Waals surface area contributed by atoms with E-state index in [4.69, 9.17) is 56.9 Å². The molecule has 0 bridgehead atoms. The Morgan fingerprint density at radius 1 is 0.680 bits per heavy atom. The lowest BCUT2D eigenvalue weighted by Crippen LogP contribution is -2.58. The fraction of sp³-hybridized carbons (Fsp3) is 0.357. The highest BCUT2D eigenvalue weighted by Crippen LogP contribution is 2.46. The van der Waals surface area contributed by atoms with Gasteiger partial charge in [0.2, 0.25) is 17.7 Å². The van der Waals surface area contributed by atoms with Gasteiger partial charge in [-0.05, 0) is 119 Å². The Balaban J connectivity index is 0.000000187. The van der Waals surface area contributed by atoms with Crippen molar-refractivity contribution in [2.75, 3.05) is 33.5 Å². The third-order valence-electron chi connectivity index (χ3n) is 13.6. The van der Waals surface area contributed by atoms with Crippen LogP contribution >= 0.6 is 69.4 Å². The minimum absolute atomic E-state index is 0.0133. The van der Waals surface area contributed by atoms with Crippen LogP contribution in [0.2, 0.25) is 10.0 Å².